The summed E-state index contributed by atoms with van der Waals surface area (Å²) < 4.78 is 5.59. The number of rotatable bonds is 2. The van der Waals surface area contributed by atoms with Gasteiger partial charge in [0.25, 0.3) is 5.88 Å². The van der Waals surface area contributed by atoms with E-state index >= 15 is 0 Å². The fraction of sp³-hybridized carbons (Fsp3) is 0.214. The molecule has 19 heavy (non-hydrogen) atoms. The Morgan fingerprint density at radius 2 is 1.95 bits per heavy atom. The van der Waals surface area contributed by atoms with Gasteiger partial charge >= 0.3 is 0 Å². The van der Waals surface area contributed by atoms with Gasteiger partial charge in [0.05, 0.1) is 10.7 Å². The van der Waals surface area contributed by atoms with Gasteiger partial charge in [0.1, 0.15) is 17.4 Å². The van der Waals surface area contributed by atoms with Crippen LogP contribution in [0.25, 0.3) is 0 Å². The van der Waals surface area contributed by atoms with Crippen molar-refractivity contribution in [3.8, 4) is 17.7 Å². The summed E-state index contributed by atoms with van der Waals surface area (Å²) >= 11 is 6.09. The Morgan fingerprint density at radius 3 is 2.58 bits per heavy atom. The molecule has 1 aromatic carbocycles. The summed E-state index contributed by atoms with van der Waals surface area (Å²) in [6.45, 7) is 5.55. The first-order valence-corrected chi connectivity index (χ1v) is 6.08. The average Bonchev–Trinajstić information content (AvgIpc) is 2.37. The van der Waals surface area contributed by atoms with Crippen LogP contribution >= 0.6 is 11.6 Å². The molecule has 1 heterocycles. The molecule has 0 unspecified atom stereocenters. The average molecular weight is 274 g/mol. The number of nitrogens with zero attached hydrogens (tertiary/aromatic N) is 3. The first-order valence-electron chi connectivity index (χ1n) is 5.71. The monoisotopic (exact) mass is 273 g/mol. The van der Waals surface area contributed by atoms with E-state index in [1.807, 2.05) is 19.9 Å². The summed E-state index contributed by atoms with van der Waals surface area (Å²) in [7, 11) is 0. The predicted molar refractivity (Wildman–Crippen MR) is 72.5 cm³/mol. The molecule has 0 aliphatic heterocycles. The molecule has 0 aliphatic rings. The van der Waals surface area contributed by atoms with Gasteiger partial charge in [-0.15, -0.1) is 5.10 Å². The van der Waals surface area contributed by atoms with Crippen molar-refractivity contribution >= 4 is 11.6 Å². The van der Waals surface area contributed by atoms with Crippen molar-refractivity contribution in [2.45, 2.75) is 20.8 Å². The largest absolute Gasteiger partial charge is 0.435 e. The standard InChI is InChI=1S/C14H12ClN3O/c1-8-4-5-13(12(15)6-8)19-14-11(7-16)9(2)10(3)17-18-14/h4-6H,1-3H3. The van der Waals surface area contributed by atoms with Crippen LogP contribution in [0, 0.1) is 32.1 Å². The van der Waals surface area contributed by atoms with E-state index in [1.54, 1.807) is 19.1 Å². The van der Waals surface area contributed by atoms with Crippen molar-refractivity contribution in [2.24, 2.45) is 0 Å². The molecule has 4 nitrogen and oxygen atoms in total. The second-order valence-electron chi connectivity index (χ2n) is 4.24. The Bertz CT molecular complexity index is 677. The Morgan fingerprint density at radius 1 is 1.21 bits per heavy atom. The van der Waals surface area contributed by atoms with E-state index in [9.17, 15) is 5.26 Å². The first kappa shape index (κ1) is 13.3. The zero-order valence-corrected chi connectivity index (χ0v) is 11.6. The van der Waals surface area contributed by atoms with Gasteiger partial charge < -0.3 is 4.74 Å². The van der Waals surface area contributed by atoms with Gasteiger partial charge in [0.2, 0.25) is 0 Å². The van der Waals surface area contributed by atoms with Gasteiger partial charge in [-0.1, -0.05) is 17.7 Å². The van der Waals surface area contributed by atoms with Crippen LogP contribution in [0.1, 0.15) is 22.4 Å². The van der Waals surface area contributed by atoms with Gasteiger partial charge in [-0.25, -0.2) is 0 Å². The lowest BCUT2D eigenvalue weighted by molar-refractivity contribution is 0.452. The third kappa shape index (κ3) is 2.67. The molecule has 0 atom stereocenters. The minimum atomic E-state index is 0.177. The number of nitriles is 1. The van der Waals surface area contributed by atoms with Crippen LogP contribution in [0.4, 0.5) is 0 Å². The molecule has 0 amide bonds. The molecule has 0 aliphatic carbocycles. The predicted octanol–water partition coefficient (Wildman–Crippen LogP) is 3.72. The van der Waals surface area contributed by atoms with Crippen molar-refractivity contribution in [1.29, 1.82) is 5.26 Å². The minimum absolute atomic E-state index is 0.177. The van der Waals surface area contributed by atoms with Crippen molar-refractivity contribution in [1.82, 2.24) is 10.2 Å². The van der Waals surface area contributed by atoms with Crippen LogP contribution in [0.2, 0.25) is 5.02 Å². The third-order valence-electron chi connectivity index (χ3n) is 2.83. The zero-order chi connectivity index (χ0) is 14.0. The lowest BCUT2D eigenvalue weighted by atomic mass is 10.1. The van der Waals surface area contributed by atoms with E-state index in [2.05, 4.69) is 16.3 Å². The number of halogens is 1. The summed E-state index contributed by atoms with van der Waals surface area (Å²) in [6, 6.07) is 7.50. The Labute approximate surface area is 116 Å². The maximum atomic E-state index is 9.18. The molecular formula is C14H12ClN3O. The summed E-state index contributed by atoms with van der Waals surface area (Å²) in [5, 5.41) is 17.5. The summed E-state index contributed by atoms with van der Waals surface area (Å²) in [4.78, 5) is 0. The molecule has 0 bridgehead atoms. The SMILES string of the molecule is Cc1ccc(Oc2nnc(C)c(C)c2C#N)c(Cl)c1. The quantitative estimate of drug-likeness (QED) is 0.837. The Kier molecular flexibility index (Phi) is 3.68. The molecule has 0 N–H and O–H groups in total. The third-order valence-corrected chi connectivity index (χ3v) is 3.12. The molecule has 2 aromatic rings. The number of aromatic nitrogens is 2. The number of benzene rings is 1. The highest BCUT2D eigenvalue weighted by atomic mass is 35.5. The lowest BCUT2D eigenvalue weighted by Gasteiger charge is -2.10. The van der Waals surface area contributed by atoms with Crippen molar-refractivity contribution in [3.05, 3.63) is 45.6 Å². The molecule has 96 valence electrons. The molecule has 2 rings (SSSR count). The summed E-state index contributed by atoms with van der Waals surface area (Å²) in [5.74, 6) is 0.637. The molecule has 5 heteroatoms. The molecule has 1 aromatic heterocycles. The fourth-order valence-electron chi connectivity index (χ4n) is 1.58. The topological polar surface area (TPSA) is 58.8 Å². The second-order valence-corrected chi connectivity index (χ2v) is 4.65. The molecule has 0 spiro atoms. The molecule has 0 fully saturated rings. The van der Waals surface area contributed by atoms with E-state index < -0.39 is 0 Å². The maximum Gasteiger partial charge on any atom is 0.257 e. The van der Waals surface area contributed by atoms with Crippen LogP contribution in [0.5, 0.6) is 11.6 Å². The second kappa shape index (κ2) is 5.25. The van der Waals surface area contributed by atoms with E-state index in [4.69, 9.17) is 16.3 Å². The highest BCUT2D eigenvalue weighted by Gasteiger charge is 2.14. The van der Waals surface area contributed by atoms with Gasteiger partial charge in [-0.2, -0.15) is 10.4 Å². The van der Waals surface area contributed by atoms with Gasteiger partial charge in [-0.05, 0) is 44.0 Å². The maximum absolute atomic E-state index is 9.18. The van der Waals surface area contributed by atoms with Crippen molar-refractivity contribution < 1.29 is 4.74 Å². The Balaban J connectivity index is 2.44. The molecule has 0 saturated carbocycles. The van der Waals surface area contributed by atoms with E-state index in [0.717, 1.165) is 11.1 Å². The van der Waals surface area contributed by atoms with Crippen LogP contribution in [-0.4, -0.2) is 10.2 Å². The van der Waals surface area contributed by atoms with E-state index in [1.165, 1.54) is 0 Å². The lowest BCUT2D eigenvalue weighted by Crippen LogP contribution is -2.00. The van der Waals surface area contributed by atoms with Crippen molar-refractivity contribution in [2.75, 3.05) is 0 Å². The van der Waals surface area contributed by atoms with Gasteiger partial charge in [0.15, 0.2) is 0 Å². The van der Waals surface area contributed by atoms with Gasteiger partial charge in [0, 0.05) is 0 Å². The first-order chi connectivity index (χ1) is 9.02. The number of hydrogen-bond acceptors (Lipinski definition) is 4. The van der Waals surface area contributed by atoms with Gasteiger partial charge in [-0.3, -0.25) is 0 Å². The minimum Gasteiger partial charge on any atom is -0.435 e. The number of hydrogen-bond donors (Lipinski definition) is 0. The normalized spacial score (nSPS) is 10.1. The Hall–Kier alpha value is -2.12. The summed E-state index contributed by atoms with van der Waals surface area (Å²) in [5.41, 5.74) is 2.88. The highest BCUT2D eigenvalue weighted by Crippen LogP contribution is 2.31. The highest BCUT2D eigenvalue weighted by molar-refractivity contribution is 6.32. The molecule has 0 saturated heterocycles. The number of ether oxygens (including phenoxy) is 1. The van der Waals surface area contributed by atoms with Crippen LogP contribution in [-0.2, 0) is 0 Å². The van der Waals surface area contributed by atoms with Crippen molar-refractivity contribution in [3.63, 3.8) is 0 Å². The summed E-state index contributed by atoms with van der Waals surface area (Å²) in [6.07, 6.45) is 0. The number of aryl methyl sites for hydroxylation is 2. The smallest absolute Gasteiger partial charge is 0.257 e. The van der Waals surface area contributed by atoms with Crippen LogP contribution < -0.4 is 4.74 Å². The van der Waals surface area contributed by atoms with E-state index in [0.29, 0.717) is 22.0 Å². The van der Waals surface area contributed by atoms with Crippen LogP contribution in [0.3, 0.4) is 0 Å². The van der Waals surface area contributed by atoms with Crippen LogP contribution in [0.15, 0.2) is 18.2 Å². The zero-order valence-electron chi connectivity index (χ0n) is 10.9. The van der Waals surface area contributed by atoms with E-state index in [-0.39, 0.29) is 5.88 Å². The molecule has 0 radical (unpaired) electrons. The fourth-order valence-corrected chi connectivity index (χ4v) is 1.86. The molecular weight excluding hydrogens is 262 g/mol.